The summed E-state index contributed by atoms with van der Waals surface area (Å²) < 4.78 is 0. The molecule has 1 heterocycles. The predicted molar refractivity (Wildman–Crippen MR) is 38.4 cm³/mol. The molecule has 10 heavy (non-hydrogen) atoms. The second-order valence-electron chi connectivity index (χ2n) is 2.93. The molecular weight excluding hydrogens is 126 g/mol. The van der Waals surface area contributed by atoms with E-state index in [2.05, 4.69) is 13.0 Å². The van der Waals surface area contributed by atoms with Gasteiger partial charge in [0.15, 0.2) is 0 Å². The Bertz CT molecular complexity index is 197. The van der Waals surface area contributed by atoms with Crippen molar-refractivity contribution in [1.29, 1.82) is 0 Å². The van der Waals surface area contributed by atoms with Crippen LogP contribution in [0, 0.1) is 5.92 Å². The van der Waals surface area contributed by atoms with Gasteiger partial charge in [-0.3, -0.25) is 4.79 Å². The predicted octanol–water partition coefficient (Wildman–Crippen LogP) is 0.793. The maximum absolute atomic E-state index is 11.1. The van der Waals surface area contributed by atoms with E-state index in [1.54, 1.807) is 0 Å². The van der Waals surface area contributed by atoms with E-state index in [9.17, 15) is 4.79 Å². The van der Waals surface area contributed by atoms with Gasteiger partial charge in [0.2, 0.25) is 5.91 Å². The molecule has 1 fully saturated rings. The third-order valence-electron chi connectivity index (χ3n) is 2.28. The fourth-order valence-corrected chi connectivity index (χ4v) is 1.60. The molecule has 0 aromatic carbocycles. The Morgan fingerprint density at radius 3 is 2.80 bits per heavy atom. The Morgan fingerprint density at radius 1 is 1.60 bits per heavy atom. The van der Waals surface area contributed by atoms with Gasteiger partial charge < -0.3 is 4.90 Å². The SMILES string of the molecule is CCCN1C(=O)[C@@H]2C=C[C@@H]21. The Kier molecular flexibility index (Phi) is 1.10. The molecule has 1 saturated heterocycles. The number of hydrogen-bond donors (Lipinski definition) is 0. The Morgan fingerprint density at radius 2 is 2.40 bits per heavy atom. The molecule has 1 amide bonds. The molecule has 0 spiro atoms. The molecular formula is C8H11NO. The van der Waals surface area contributed by atoms with Gasteiger partial charge >= 0.3 is 0 Å². The molecule has 0 bridgehead atoms. The number of hydrogen-bond acceptors (Lipinski definition) is 1. The van der Waals surface area contributed by atoms with Crippen molar-refractivity contribution in [2.45, 2.75) is 19.4 Å². The van der Waals surface area contributed by atoms with Crippen LogP contribution in [0.2, 0.25) is 0 Å². The van der Waals surface area contributed by atoms with Gasteiger partial charge in [-0.15, -0.1) is 0 Å². The third-order valence-corrected chi connectivity index (χ3v) is 2.28. The lowest BCUT2D eigenvalue weighted by Crippen LogP contribution is -2.62. The first-order chi connectivity index (χ1) is 4.84. The van der Waals surface area contributed by atoms with Gasteiger partial charge in [-0.05, 0) is 6.42 Å². The molecule has 0 aromatic heterocycles. The van der Waals surface area contributed by atoms with E-state index >= 15 is 0 Å². The molecule has 2 aliphatic rings. The van der Waals surface area contributed by atoms with Crippen molar-refractivity contribution in [3.8, 4) is 0 Å². The van der Waals surface area contributed by atoms with Crippen LogP contribution in [0.15, 0.2) is 12.2 Å². The summed E-state index contributed by atoms with van der Waals surface area (Å²) in [5.74, 6) is 0.598. The summed E-state index contributed by atoms with van der Waals surface area (Å²) >= 11 is 0. The lowest BCUT2D eigenvalue weighted by atomic mass is 9.78. The van der Waals surface area contributed by atoms with Crippen LogP contribution in [0.4, 0.5) is 0 Å². The summed E-state index contributed by atoms with van der Waals surface area (Å²) in [5, 5.41) is 0. The van der Waals surface area contributed by atoms with E-state index in [4.69, 9.17) is 0 Å². The number of carbonyl (C=O) groups is 1. The van der Waals surface area contributed by atoms with Crippen LogP contribution in [0.5, 0.6) is 0 Å². The van der Waals surface area contributed by atoms with Crippen LogP contribution < -0.4 is 0 Å². The number of rotatable bonds is 2. The first kappa shape index (κ1) is 5.96. The zero-order valence-corrected chi connectivity index (χ0v) is 6.08. The number of carbonyl (C=O) groups excluding carboxylic acids is 1. The molecule has 0 radical (unpaired) electrons. The smallest absolute Gasteiger partial charge is 0.232 e. The van der Waals surface area contributed by atoms with Gasteiger partial charge in [-0.1, -0.05) is 19.1 Å². The van der Waals surface area contributed by atoms with Crippen molar-refractivity contribution in [1.82, 2.24) is 4.90 Å². The first-order valence-corrected chi connectivity index (χ1v) is 3.83. The fraction of sp³-hybridized carbons (Fsp3) is 0.625. The van der Waals surface area contributed by atoms with Crippen LogP contribution >= 0.6 is 0 Å². The van der Waals surface area contributed by atoms with Gasteiger partial charge in [0.25, 0.3) is 0 Å². The molecule has 2 nitrogen and oxygen atoms in total. The molecule has 2 rings (SSSR count). The normalized spacial score (nSPS) is 34.9. The Labute approximate surface area is 60.5 Å². The second kappa shape index (κ2) is 1.84. The molecule has 0 saturated carbocycles. The standard InChI is InChI=1S/C8H11NO/c1-2-5-9-7-4-3-6(7)8(9)10/h3-4,6-7H,2,5H2,1H3/t6-,7+/m1/s1. The van der Waals surface area contributed by atoms with Gasteiger partial charge in [-0.2, -0.15) is 0 Å². The van der Waals surface area contributed by atoms with Gasteiger partial charge in [0.05, 0.1) is 12.0 Å². The summed E-state index contributed by atoms with van der Waals surface area (Å²) in [6, 6.07) is 0.479. The largest absolute Gasteiger partial charge is 0.335 e. The van der Waals surface area contributed by atoms with Crippen LogP contribution in [-0.4, -0.2) is 23.4 Å². The topological polar surface area (TPSA) is 20.3 Å². The molecule has 0 N–H and O–H groups in total. The van der Waals surface area contributed by atoms with Crippen molar-refractivity contribution < 1.29 is 4.79 Å². The van der Waals surface area contributed by atoms with Crippen LogP contribution in [0.3, 0.4) is 0 Å². The van der Waals surface area contributed by atoms with E-state index in [1.807, 2.05) is 11.0 Å². The molecule has 2 atom stereocenters. The van der Waals surface area contributed by atoms with Crippen LogP contribution in [0.25, 0.3) is 0 Å². The summed E-state index contributed by atoms with van der Waals surface area (Å²) in [4.78, 5) is 13.0. The lowest BCUT2D eigenvalue weighted by Gasteiger charge is -2.49. The van der Waals surface area contributed by atoms with E-state index < -0.39 is 0 Å². The van der Waals surface area contributed by atoms with Crippen LogP contribution in [-0.2, 0) is 4.79 Å². The van der Waals surface area contributed by atoms with E-state index in [0.717, 1.165) is 13.0 Å². The molecule has 0 aromatic rings. The summed E-state index contributed by atoms with van der Waals surface area (Å²) in [6.45, 7) is 3.04. The Balaban J connectivity index is 2.00. The highest BCUT2D eigenvalue weighted by Gasteiger charge is 2.48. The number of β-lactam (4-membered cyclic amide) rings is 1. The highest BCUT2D eigenvalue weighted by atomic mass is 16.2. The maximum atomic E-state index is 11.1. The summed E-state index contributed by atoms with van der Waals surface area (Å²) in [7, 11) is 0. The highest BCUT2D eigenvalue weighted by Crippen LogP contribution is 2.35. The number of likely N-dealkylation sites (tertiary alicyclic amines) is 1. The fourth-order valence-electron chi connectivity index (χ4n) is 1.60. The highest BCUT2D eigenvalue weighted by molar-refractivity contribution is 5.90. The number of nitrogens with zero attached hydrogens (tertiary/aromatic N) is 1. The second-order valence-corrected chi connectivity index (χ2v) is 2.93. The van der Waals surface area contributed by atoms with Gasteiger partial charge in [0, 0.05) is 6.54 Å². The third kappa shape index (κ3) is 0.516. The average Bonchev–Trinajstić information content (AvgIpc) is 1.85. The molecule has 54 valence electrons. The minimum Gasteiger partial charge on any atom is -0.335 e. The van der Waals surface area contributed by atoms with Crippen LogP contribution in [0.1, 0.15) is 13.3 Å². The molecule has 1 aliphatic carbocycles. The first-order valence-electron chi connectivity index (χ1n) is 3.83. The Hall–Kier alpha value is -0.790. The van der Waals surface area contributed by atoms with Crippen molar-refractivity contribution in [3.05, 3.63) is 12.2 Å². The maximum Gasteiger partial charge on any atom is 0.232 e. The zero-order valence-electron chi connectivity index (χ0n) is 6.08. The minimum atomic E-state index is 0.270. The monoisotopic (exact) mass is 137 g/mol. The van der Waals surface area contributed by atoms with E-state index in [1.165, 1.54) is 0 Å². The van der Waals surface area contributed by atoms with Crippen molar-refractivity contribution in [3.63, 3.8) is 0 Å². The summed E-state index contributed by atoms with van der Waals surface area (Å²) in [5.41, 5.74) is 0. The number of fused-ring (bicyclic) bond motifs is 1. The minimum absolute atomic E-state index is 0.270. The molecule has 0 unspecified atom stereocenters. The van der Waals surface area contributed by atoms with Crippen molar-refractivity contribution in [2.24, 2.45) is 5.92 Å². The number of amides is 1. The van der Waals surface area contributed by atoms with Crippen molar-refractivity contribution >= 4 is 5.91 Å². The average molecular weight is 137 g/mol. The van der Waals surface area contributed by atoms with Gasteiger partial charge in [-0.25, -0.2) is 0 Å². The van der Waals surface area contributed by atoms with Crippen molar-refractivity contribution in [2.75, 3.05) is 6.54 Å². The zero-order chi connectivity index (χ0) is 7.14. The quantitative estimate of drug-likeness (QED) is 0.407. The van der Waals surface area contributed by atoms with Gasteiger partial charge in [0.1, 0.15) is 0 Å². The molecule has 2 heteroatoms. The summed E-state index contributed by atoms with van der Waals surface area (Å²) in [6.07, 6.45) is 5.18. The van der Waals surface area contributed by atoms with E-state index in [0.29, 0.717) is 11.9 Å². The molecule has 1 aliphatic heterocycles. The lowest BCUT2D eigenvalue weighted by molar-refractivity contribution is -0.151. The van der Waals surface area contributed by atoms with E-state index in [-0.39, 0.29) is 5.92 Å².